The third-order valence-electron chi connectivity index (χ3n) is 3.22. The van der Waals surface area contributed by atoms with Crippen molar-refractivity contribution in [2.75, 3.05) is 7.11 Å². The van der Waals surface area contributed by atoms with E-state index < -0.39 is 0 Å². The number of halogens is 2. The van der Waals surface area contributed by atoms with E-state index in [1.807, 2.05) is 13.8 Å². The van der Waals surface area contributed by atoms with Crippen molar-refractivity contribution in [1.29, 1.82) is 0 Å². The van der Waals surface area contributed by atoms with Crippen LogP contribution >= 0.6 is 0 Å². The molecule has 0 bridgehead atoms. The molecule has 21 heavy (non-hydrogen) atoms. The summed E-state index contributed by atoms with van der Waals surface area (Å²) >= 11 is 0. The molecule has 2 rings (SSSR count). The van der Waals surface area contributed by atoms with Crippen LogP contribution in [0.15, 0.2) is 36.4 Å². The molecule has 0 atom stereocenters. The van der Waals surface area contributed by atoms with Crippen LogP contribution in [-0.2, 0) is 6.54 Å². The van der Waals surface area contributed by atoms with Gasteiger partial charge in [0.15, 0.2) is 0 Å². The molecule has 0 aromatic heterocycles. The summed E-state index contributed by atoms with van der Waals surface area (Å²) in [5.41, 5.74) is 2.09. The third kappa shape index (κ3) is 3.79. The van der Waals surface area contributed by atoms with E-state index in [9.17, 15) is 8.78 Å². The summed E-state index contributed by atoms with van der Waals surface area (Å²) in [6.07, 6.45) is 0. The van der Waals surface area contributed by atoms with Gasteiger partial charge in [0.25, 0.3) is 0 Å². The monoisotopic (exact) mass is 291 g/mol. The van der Waals surface area contributed by atoms with Crippen LogP contribution in [0.3, 0.4) is 0 Å². The van der Waals surface area contributed by atoms with Crippen molar-refractivity contribution in [3.8, 4) is 16.9 Å². The summed E-state index contributed by atoms with van der Waals surface area (Å²) in [6, 6.07) is 9.08. The van der Waals surface area contributed by atoms with Crippen molar-refractivity contribution < 1.29 is 13.5 Å². The molecule has 0 unspecified atom stereocenters. The molecule has 0 amide bonds. The molecule has 2 nitrogen and oxygen atoms in total. The molecule has 2 aromatic rings. The molecule has 0 heterocycles. The largest absolute Gasteiger partial charge is 0.496 e. The molecule has 0 saturated carbocycles. The fourth-order valence-electron chi connectivity index (χ4n) is 2.16. The van der Waals surface area contributed by atoms with Crippen molar-refractivity contribution in [3.63, 3.8) is 0 Å². The average Bonchev–Trinajstić information content (AvgIpc) is 2.45. The smallest absolute Gasteiger partial charge is 0.126 e. The number of hydrogen-bond donors (Lipinski definition) is 1. The van der Waals surface area contributed by atoms with Gasteiger partial charge in [-0.15, -0.1) is 0 Å². The van der Waals surface area contributed by atoms with Crippen molar-refractivity contribution in [3.05, 3.63) is 53.6 Å². The quantitative estimate of drug-likeness (QED) is 0.894. The molecular formula is C17H19F2NO. The lowest BCUT2D eigenvalue weighted by Crippen LogP contribution is -2.22. The second-order valence-electron chi connectivity index (χ2n) is 5.18. The average molecular weight is 291 g/mol. The Kier molecular flexibility index (Phi) is 4.91. The van der Waals surface area contributed by atoms with Crippen LogP contribution in [0, 0.1) is 11.6 Å². The Morgan fingerprint density at radius 3 is 2.24 bits per heavy atom. The Morgan fingerprint density at radius 2 is 1.62 bits per heavy atom. The molecule has 0 spiro atoms. The molecule has 0 fully saturated rings. The maximum Gasteiger partial charge on any atom is 0.126 e. The van der Waals surface area contributed by atoms with E-state index in [1.54, 1.807) is 12.1 Å². The Balaban J connectivity index is 2.51. The van der Waals surface area contributed by atoms with Crippen LogP contribution in [0.5, 0.6) is 5.75 Å². The third-order valence-corrected chi connectivity index (χ3v) is 3.22. The molecular weight excluding hydrogens is 272 g/mol. The van der Waals surface area contributed by atoms with E-state index in [0.29, 0.717) is 29.5 Å². The van der Waals surface area contributed by atoms with E-state index in [4.69, 9.17) is 4.74 Å². The minimum absolute atomic E-state index is 0.303. The standard InChI is InChI=1S/C17H19F2NO/c1-11(2)20-10-12-4-5-13(18)8-15(12)16-9-14(19)6-7-17(16)21-3/h4-9,11,20H,10H2,1-3H3. The normalized spacial score (nSPS) is 11.0. The van der Waals surface area contributed by atoms with Crippen molar-refractivity contribution in [1.82, 2.24) is 5.32 Å². The molecule has 112 valence electrons. The lowest BCUT2D eigenvalue weighted by atomic mass is 9.98. The number of hydrogen-bond acceptors (Lipinski definition) is 2. The first kappa shape index (κ1) is 15.4. The number of benzene rings is 2. The SMILES string of the molecule is COc1ccc(F)cc1-c1cc(F)ccc1CNC(C)C. The predicted molar refractivity (Wildman–Crippen MR) is 80.3 cm³/mol. The summed E-state index contributed by atoms with van der Waals surface area (Å²) in [4.78, 5) is 0. The Morgan fingerprint density at radius 1 is 1.00 bits per heavy atom. The number of nitrogens with one attached hydrogen (secondary N) is 1. The zero-order chi connectivity index (χ0) is 15.4. The second-order valence-corrected chi connectivity index (χ2v) is 5.18. The lowest BCUT2D eigenvalue weighted by Gasteiger charge is -2.15. The molecule has 0 radical (unpaired) electrons. The zero-order valence-corrected chi connectivity index (χ0v) is 12.4. The van der Waals surface area contributed by atoms with Crippen LogP contribution < -0.4 is 10.1 Å². The minimum atomic E-state index is -0.377. The van der Waals surface area contributed by atoms with Crippen LogP contribution in [0.1, 0.15) is 19.4 Å². The van der Waals surface area contributed by atoms with E-state index in [1.165, 1.54) is 31.4 Å². The molecule has 2 aromatic carbocycles. The number of ether oxygens (including phenoxy) is 1. The highest BCUT2D eigenvalue weighted by Crippen LogP contribution is 2.33. The summed E-state index contributed by atoms with van der Waals surface area (Å²) < 4.78 is 32.4. The molecule has 4 heteroatoms. The first-order chi connectivity index (χ1) is 10.0. The molecule has 0 aliphatic rings. The van der Waals surface area contributed by atoms with Gasteiger partial charge in [0.05, 0.1) is 7.11 Å². The summed E-state index contributed by atoms with van der Waals surface area (Å²) in [5, 5.41) is 3.29. The highest BCUT2D eigenvalue weighted by molar-refractivity contribution is 5.73. The number of methoxy groups -OCH3 is 1. The van der Waals surface area contributed by atoms with E-state index in [0.717, 1.165) is 5.56 Å². The van der Waals surface area contributed by atoms with Crippen LogP contribution in [0.4, 0.5) is 8.78 Å². The summed E-state index contributed by atoms with van der Waals surface area (Å²) in [6.45, 7) is 4.64. The Hall–Kier alpha value is -1.94. The highest BCUT2D eigenvalue weighted by atomic mass is 19.1. The van der Waals surface area contributed by atoms with Gasteiger partial charge in [-0.1, -0.05) is 19.9 Å². The topological polar surface area (TPSA) is 21.3 Å². The summed E-state index contributed by atoms with van der Waals surface area (Å²) in [7, 11) is 1.52. The van der Waals surface area contributed by atoms with Gasteiger partial charge in [0, 0.05) is 18.2 Å². The molecule has 0 aliphatic carbocycles. The van der Waals surface area contributed by atoms with Crippen LogP contribution in [0.2, 0.25) is 0 Å². The second kappa shape index (κ2) is 6.68. The lowest BCUT2D eigenvalue weighted by molar-refractivity contribution is 0.415. The maximum atomic E-state index is 13.6. The Labute approximate surface area is 123 Å². The first-order valence-corrected chi connectivity index (χ1v) is 6.87. The zero-order valence-electron chi connectivity index (χ0n) is 12.4. The van der Waals surface area contributed by atoms with Gasteiger partial charge in [0.2, 0.25) is 0 Å². The molecule has 0 saturated heterocycles. The predicted octanol–water partition coefficient (Wildman–Crippen LogP) is 4.14. The van der Waals surface area contributed by atoms with Crippen LogP contribution in [-0.4, -0.2) is 13.2 Å². The Bertz CT molecular complexity index is 626. The highest BCUT2D eigenvalue weighted by Gasteiger charge is 2.13. The van der Waals surface area contributed by atoms with Gasteiger partial charge >= 0.3 is 0 Å². The van der Waals surface area contributed by atoms with Crippen molar-refractivity contribution in [2.24, 2.45) is 0 Å². The van der Waals surface area contributed by atoms with Gasteiger partial charge < -0.3 is 10.1 Å². The van der Waals surface area contributed by atoms with Crippen LogP contribution in [0.25, 0.3) is 11.1 Å². The summed E-state index contributed by atoms with van der Waals surface area (Å²) in [5.74, 6) is -0.213. The van der Waals surface area contributed by atoms with E-state index in [-0.39, 0.29) is 11.6 Å². The minimum Gasteiger partial charge on any atom is -0.496 e. The first-order valence-electron chi connectivity index (χ1n) is 6.87. The molecule has 0 aliphatic heterocycles. The van der Waals surface area contributed by atoms with Gasteiger partial charge in [-0.05, 0) is 41.5 Å². The van der Waals surface area contributed by atoms with Gasteiger partial charge in [-0.2, -0.15) is 0 Å². The van der Waals surface area contributed by atoms with E-state index >= 15 is 0 Å². The fourth-order valence-corrected chi connectivity index (χ4v) is 2.16. The van der Waals surface area contributed by atoms with E-state index in [2.05, 4.69) is 5.32 Å². The van der Waals surface area contributed by atoms with Gasteiger partial charge in [-0.25, -0.2) is 8.78 Å². The molecule has 1 N–H and O–H groups in total. The van der Waals surface area contributed by atoms with Crippen molar-refractivity contribution in [2.45, 2.75) is 26.4 Å². The van der Waals surface area contributed by atoms with Crippen molar-refractivity contribution >= 4 is 0 Å². The maximum absolute atomic E-state index is 13.6. The van der Waals surface area contributed by atoms with Gasteiger partial charge in [0.1, 0.15) is 17.4 Å². The van der Waals surface area contributed by atoms with Gasteiger partial charge in [-0.3, -0.25) is 0 Å². The fraction of sp³-hybridized carbons (Fsp3) is 0.294. The number of rotatable bonds is 5.